The van der Waals surface area contributed by atoms with E-state index in [9.17, 15) is 18.4 Å². The topological polar surface area (TPSA) is 59.2 Å². The van der Waals surface area contributed by atoms with Gasteiger partial charge in [-0.2, -0.15) is 0 Å². The molecule has 1 aromatic rings. The van der Waals surface area contributed by atoms with Crippen LogP contribution in [-0.4, -0.2) is 18.1 Å². The van der Waals surface area contributed by atoms with Gasteiger partial charge in [0, 0.05) is 5.88 Å². The van der Waals surface area contributed by atoms with Gasteiger partial charge in [0.1, 0.15) is 5.69 Å². The largest absolute Gasteiger partial charge is 0.464 e. The van der Waals surface area contributed by atoms with Crippen LogP contribution in [0.3, 0.4) is 0 Å². The Morgan fingerprint density at radius 1 is 1.62 bits per heavy atom. The molecule has 4 nitrogen and oxygen atoms in total. The summed E-state index contributed by atoms with van der Waals surface area (Å²) in [5.41, 5.74) is -1.84. The average molecular weight is 252 g/mol. The molecule has 0 aliphatic carbocycles. The maximum absolute atomic E-state index is 12.4. The zero-order valence-corrected chi connectivity index (χ0v) is 8.98. The molecule has 0 atom stereocenters. The van der Waals surface area contributed by atoms with E-state index in [1.165, 1.54) is 0 Å². The zero-order chi connectivity index (χ0) is 12.3. The molecule has 0 bridgehead atoms. The Hall–Kier alpha value is -1.43. The third kappa shape index (κ3) is 2.38. The van der Waals surface area contributed by atoms with Crippen LogP contribution in [0.15, 0.2) is 10.9 Å². The molecule has 0 aromatic carbocycles. The van der Waals surface area contributed by atoms with E-state index in [1.807, 2.05) is 4.98 Å². The van der Waals surface area contributed by atoms with E-state index in [1.54, 1.807) is 0 Å². The summed E-state index contributed by atoms with van der Waals surface area (Å²) in [5.74, 6) is -1.01. The van der Waals surface area contributed by atoms with Gasteiger partial charge in [0.05, 0.1) is 12.7 Å². The fraction of sp³-hybridized carbons (Fsp3) is 0.333. The second kappa shape index (κ2) is 5.07. The highest BCUT2D eigenvalue weighted by Gasteiger charge is 2.19. The molecule has 0 saturated carbocycles. The second-order valence-corrected chi connectivity index (χ2v) is 3.15. The zero-order valence-electron chi connectivity index (χ0n) is 8.22. The van der Waals surface area contributed by atoms with E-state index >= 15 is 0 Å². The number of hydrogen-bond acceptors (Lipinski definition) is 3. The molecule has 0 radical (unpaired) electrons. The number of alkyl halides is 3. The van der Waals surface area contributed by atoms with Crippen LogP contribution < -0.4 is 5.56 Å². The molecule has 1 heterocycles. The molecule has 0 fully saturated rings. The molecule has 7 heteroatoms. The monoisotopic (exact) mass is 251 g/mol. The molecular formula is C9H8ClF2NO3. The predicted octanol–water partition coefficient (Wildman–Crippen LogP) is 1.84. The van der Waals surface area contributed by atoms with Gasteiger partial charge in [-0.3, -0.25) is 4.79 Å². The molecule has 0 unspecified atom stereocenters. The lowest BCUT2D eigenvalue weighted by atomic mass is 10.1. The number of aromatic amines is 1. The molecule has 88 valence electrons. The average Bonchev–Trinajstić information content (AvgIpc) is 2.27. The summed E-state index contributed by atoms with van der Waals surface area (Å²) in [4.78, 5) is 24.4. The van der Waals surface area contributed by atoms with Crippen LogP contribution in [0.25, 0.3) is 0 Å². The van der Waals surface area contributed by atoms with Crippen molar-refractivity contribution in [1.82, 2.24) is 4.98 Å². The number of methoxy groups -OCH3 is 1. The minimum Gasteiger partial charge on any atom is -0.464 e. The van der Waals surface area contributed by atoms with Gasteiger partial charge in [0.2, 0.25) is 0 Å². The van der Waals surface area contributed by atoms with Crippen molar-refractivity contribution in [1.29, 1.82) is 0 Å². The number of H-pyrrole nitrogens is 1. The maximum atomic E-state index is 12.4. The molecule has 1 aromatic heterocycles. The molecule has 16 heavy (non-hydrogen) atoms. The van der Waals surface area contributed by atoms with Crippen LogP contribution >= 0.6 is 11.6 Å². The minimum atomic E-state index is -2.92. The number of hydrogen-bond donors (Lipinski definition) is 1. The van der Waals surface area contributed by atoms with Gasteiger partial charge in [-0.15, -0.1) is 11.6 Å². The second-order valence-electron chi connectivity index (χ2n) is 2.88. The van der Waals surface area contributed by atoms with E-state index in [0.29, 0.717) is 0 Å². The lowest BCUT2D eigenvalue weighted by Gasteiger charge is -2.07. The SMILES string of the molecule is COC(=O)c1[nH]c(=O)c(C(F)F)cc1CCl. The summed E-state index contributed by atoms with van der Waals surface area (Å²) in [6.07, 6.45) is -2.92. The first kappa shape index (κ1) is 12.6. The fourth-order valence-corrected chi connectivity index (χ4v) is 1.35. The highest BCUT2D eigenvalue weighted by Crippen LogP contribution is 2.18. The lowest BCUT2D eigenvalue weighted by Crippen LogP contribution is -2.20. The number of esters is 1. The Balaban J connectivity index is 3.38. The Morgan fingerprint density at radius 2 is 2.25 bits per heavy atom. The first-order valence-electron chi connectivity index (χ1n) is 4.19. The third-order valence-electron chi connectivity index (χ3n) is 1.92. The number of carbonyl (C=O) groups excluding carboxylic acids is 1. The van der Waals surface area contributed by atoms with Crippen molar-refractivity contribution in [2.45, 2.75) is 12.3 Å². The summed E-state index contributed by atoms with van der Waals surface area (Å²) >= 11 is 5.49. The summed E-state index contributed by atoms with van der Waals surface area (Å²) in [7, 11) is 1.11. The van der Waals surface area contributed by atoms with Crippen LogP contribution in [0, 0.1) is 0 Å². The number of rotatable bonds is 3. The molecule has 0 amide bonds. The molecule has 0 spiro atoms. The van der Waals surface area contributed by atoms with Crippen molar-refractivity contribution in [2.75, 3.05) is 7.11 Å². The van der Waals surface area contributed by atoms with Crippen molar-refractivity contribution in [3.8, 4) is 0 Å². The lowest BCUT2D eigenvalue weighted by molar-refractivity contribution is 0.0592. The van der Waals surface area contributed by atoms with E-state index in [0.717, 1.165) is 13.2 Å². The van der Waals surface area contributed by atoms with Crippen LogP contribution in [0.2, 0.25) is 0 Å². The summed E-state index contributed by atoms with van der Waals surface area (Å²) in [6, 6.07) is 0.906. The molecule has 1 rings (SSSR count). The van der Waals surface area contributed by atoms with E-state index < -0.39 is 23.5 Å². The smallest absolute Gasteiger partial charge is 0.354 e. The summed E-state index contributed by atoms with van der Waals surface area (Å²) in [5, 5.41) is 0. The number of ether oxygens (including phenoxy) is 1. The van der Waals surface area contributed by atoms with E-state index in [4.69, 9.17) is 11.6 Å². The van der Waals surface area contributed by atoms with Crippen molar-refractivity contribution in [2.24, 2.45) is 0 Å². The molecule has 0 aliphatic rings. The molecule has 0 saturated heterocycles. The van der Waals surface area contributed by atoms with Crippen molar-refractivity contribution in [3.63, 3.8) is 0 Å². The highest BCUT2D eigenvalue weighted by molar-refractivity contribution is 6.17. The van der Waals surface area contributed by atoms with Crippen molar-refractivity contribution >= 4 is 17.6 Å². The van der Waals surface area contributed by atoms with E-state index in [2.05, 4.69) is 4.74 Å². The first-order valence-corrected chi connectivity index (χ1v) is 4.73. The fourth-order valence-electron chi connectivity index (χ4n) is 1.14. The van der Waals surface area contributed by atoms with Gasteiger partial charge >= 0.3 is 5.97 Å². The Morgan fingerprint density at radius 3 is 2.69 bits per heavy atom. The number of aromatic nitrogens is 1. The van der Waals surface area contributed by atoms with Crippen molar-refractivity contribution < 1.29 is 18.3 Å². The first-order chi connectivity index (χ1) is 7.51. The highest BCUT2D eigenvalue weighted by atomic mass is 35.5. The Kier molecular flexibility index (Phi) is 4.00. The Bertz CT molecular complexity index is 459. The van der Waals surface area contributed by atoms with Crippen LogP contribution in [0.1, 0.15) is 28.0 Å². The van der Waals surface area contributed by atoms with Gasteiger partial charge in [-0.25, -0.2) is 13.6 Å². The van der Waals surface area contributed by atoms with Crippen LogP contribution in [-0.2, 0) is 10.6 Å². The summed E-state index contributed by atoms with van der Waals surface area (Å²) < 4.78 is 29.1. The molecular weight excluding hydrogens is 244 g/mol. The maximum Gasteiger partial charge on any atom is 0.354 e. The van der Waals surface area contributed by atoms with Gasteiger partial charge in [-0.05, 0) is 11.6 Å². The van der Waals surface area contributed by atoms with Crippen LogP contribution in [0.5, 0.6) is 0 Å². The van der Waals surface area contributed by atoms with Crippen LogP contribution in [0.4, 0.5) is 8.78 Å². The van der Waals surface area contributed by atoms with Gasteiger partial charge in [0.15, 0.2) is 0 Å². The van der Waals surface area contributed by atoms with Gasteiger partial charge < -0.3 is 9.72 Å². The number of nitrogens with one attached hydrogen (secondary N) is 1. The van der Waals surface area contributed by atoms with E-state index in [-0.39, 0.29) is 17.1 Å². The standard InChI is InChI=1S/C9H8ClF2NO3/c1-16-9(15)6-4(3-10)2-5(7(11)12)8(14)13-6/h2,7H,3H2,1H3,(H,13,14). The van der Waals surface area contributed by atoms with Crippen molar-refractivity contribution in [3.05, 3.63) is 33.2 Å². The molecule has 0 aliphatic heterocycles. The van der Waals surface area contributed by atoms with Gasteiger partial charge in [0.25, 0.3) is 12.0 Å². The third-order valence-corrected chi connectivity index (χ3v) is 2.21. The minimum absolute atomic E-state index is 0.100. The number of halogens is 3. The summed E-state index contributed by atoms with van der Waals surface area (Å²) in [6.45, 7) is 0. The quantitative estimate of drug-likeness (QED) is 0.659. The number of pyridine rings is 1. The predicted molar refractivity (Wildman–Crippen MR) is 52.9 cm³/mol. The Labute approximate surface area is 94.2 Å². The number of carbonyl (C=O) groups is 1. The van der Waals surface area contributed by atoms with Gasteiger partial charge in [-0.1, -0.05) is 0 Å². The molecule has 1 N–H and O–H groups in total. The normalized spacial score (nSPS) is 10.6.